The molecule has 4 heteroatoms. The maximum absolute atomic E-state index is 12.6. The van der Waals surface area contributed by atoms with Gasteiger partial charge in [0, 0.05) is 0 Å². The summed E-state index contributed by atoms with van der Waals surface area (Å²) in [7, 11) is 0. The second kappa shape index (κ2) is 5.47. The number of benzene rings is 2. The van der Waals surface area contributed by atoms with Crippen molar-refractivity contribution in [2.75, 3.05) is 6.61 Å². The van der Waals surface area contributed by atoms with Gasteiger partial charge in [-0.1, -0.05) is 0 Å². The maximum atomic E-state index is 12.6. The van der Waals surface area contributed by atoms with Gasteiger partial charge in [0.1, 0.15) is 0 Å². The Morgan fingerprint density at radius 3 is 2.33 bits per heavy atom. The van der Waals surface area contributed by atoms with Gasteiger partial charge >= 0.3 is 109 Å². The molecule has 0 aliphatic carbocycles. The molecule has 0 bridgehead atoms. The van der Waals surface area contributed by atoms with E-state index in [0.717, 1.165) is 0 Å². The van der Waals surface area contributed by atoms with Gasteiger partial charge in [0.2, 0.25) is 0 Å². The van der Waals surface area contributed by atoms with E-state index in [9.17, 15) is 7.84 Å². The Labute approximate surface area is 109 Å². The number of ether oxygens (including phenoxy) is 1. The summed E-state index contributed by atoms with van der Waals surface area (Å²) in [6.45, 7) is 2.33. The summed E-state index contributed by atoms with van der Waals surface area (Å²) in [5.41, 5.74) is 0. The van der Waals surface area contributed by atoms with Gasteiger partial charge in [-0.25, -0.2) is 0 Å². The van der Waals surface area contributed by atoms with Crippen LogP contribution in [-0.2, 0) is 3.74 Å². The van der Waals surface area contributed by atoms with E-state index in [-0.39, 0.29) is 0 Å². The zero-order valence-electron chi connectivity index (χ0n) is 10.1. The molecule has 0 radical (unpaired) electrons. The predicted octanol–water partition coefficient (Wildman–Crippen LogP) is 1.06. The number of para-hydroxylation sites is 1. The van der Waals surface area contributed by atoms with Gasteiger partial charge in [-0.15, -0.1) is 0 Å². The van der Waals surface area contributed by atoms with Crippen LogP contribution in [0.15, 0.2) is 54.6 Å². The Kier molecular flexibility index (Phi) is 3.95. The molecule has 1 unspecified atom stereocenters. The molecule has 0 aromatic heterocycles. The first-order valence-corrected chi connectivity index (χ1v) is 9.25. The van der Waals surface area contributed by atoms with Gasteiger partial charge in [0.15, 0.2) is 0 Å². The van der Waals surface area contributed by atoms with E-state index in [4.69, 9.17) is 4.74 Å². The Bertz CT molecular complexity index is 566. The first-order chi connectivity index (χ1) is 8.66. The van der Waals surface area contributed by atoms with Crippen molar-refractivity contribution < 1.29 is 12.6 Å². The van der Waals surface area contributed by atoms with Crippen molar-refractivity contribution in [3.63, 3.8) is 0 Å². The van der Waals surface area contributed by atoms with Crippen LogP contribution in [0.1, 0.15) is 6.92 Å². The van der Waals surface area contributed by atoms with Gasteiger partial charge in [0.25, 0.3) is 0 Å². The fourth-order valence-electron chi connectivity index (χ4n) is 1.75. The van der Waals surface area contributed by atoms with Crippen LogP contribution in [0.3, 0.4) is 0 Å². The third-order valence-electron chi connectivity index (χ3n) is 2.60. The van der Waals surface area contributed by atoms with E-state index >= 15 is 0 Å². The van der Waals surface area contributed by atoms with Crippen LogP contribution in [0.25, 0.3) is 0 Å². The molecule has 0 spiro atoms. The summed E-state index contributed by atoms with van der Waals surface area (Å²) in [5, 5.41) is 0. The Morgan fingerprint density at radius 2 is 1.67 bits per heavy atom. The molecule has 0 amide bonds. The normalized spacial score (nSPS) is 13.9. The quantitative estimate of drug-likeness (QED) is 0.860. The zero-order chi connectivity index (χ0) is 13.0. The summed E-state index contributed by atoms with van der Waals surface area (Å²) in [4.78, 5) is 0. The number of hydrogen-bond acceptors (Lipinski definition) is 2. The topological polar surface area (TPSA) is 46.5 Å². The third kappa shape index (κ3) is 2.52. The van der Waals surface area contributed by atoms with Crippen molar-refractivity contribution in [1.29, 1.82) is 0 Å². The van der Waals surface area contributed by atoms with E-state index in [1.807, 2.05) is 13.0 Å². The van der Waals surface area contributed by atoms with Crippen LogP contribution in [0, 0.1) is 0 Å². The fourth-order valence-corrected chi connectivity index (χ4v) is 5.07. The van der Waals surface area contributed by atoms with Crippen LogP contribution in [-0.4, -0.2) is 24.5 Å². The van der Waals surface area contributed by atoms with Crippen LogP contribution < -0.4 is 13.4 Å². The average molecular weight is 306 g/mol. The summed E-state index contributed by atoms with van der Waals surface area (Å²) < 4.78 is 29.4. The molecule has 0 fully saturated rings. The van der Waals surface area contributed by atoms with E-state index in [1.165, 1.54) is 0 Å². The molecule has 2 aromatic rings. The minimum atomic E-state index is -4.30. The first kappa shape index (κ1) is 13.0. The first-order valence-electron chi connectivity index (χ1n) is 5.77. The number of hydrogen-bond donors (Lipinski definition) is 1. The summed E-state index contributed by atoms with van der Waals surface area (Å²) in [6.07, 6.45) is 0. The van der Waals surface area contributed by atoms with Crippen LogP contribution in [0.4, 0.5) is 0 Å². The van der Waals surface area contributed by atoms with Crippen LogP contribution in [0.5, 0.6) is 5.75 Å². The SMILES string of the molecule is CCOc1ccccc1[As](=O)(O)c1ccccc1. The molecule has 1 atom stereocenters. The monoisotopic (exact) mass is 306 g/mol. The van der Waals surface area contributed by atoms with E-state index < -0.39 is 13.8 Å². The second-order valence-electron chi connectivity index (χ2n) is 3.81. The van der Waals surface area contributed by atoms with Crippen molar-refractivity contribution >= 4 is 22.5 Å². The molecule has 1 N–H and O–H groups in total. The summed E-state index contributed by atoms with van der Waals surface area (Å²) >= 11 is -4.30. The van der Waals surface area contributed by atoms with E-state index in [0.29, 0.717) is 21.1 Å². The van der Waals surface area contributed by atoms with Crippen molar-refractivity contribution in [1.82, 2.24) is 0 Å². The van der Waals surface area contributed by atoms with Gasteiger partial charge in [-0.05, 0) is 0 Å². The van der Waals surface area contributed by atoms with E-state index in [2.05, 4.69) is 0 Å². The predicted molar refractivity (Wildman–Crippen MR) is 72.0 cm³/mol. The Morgan fingerprint density at radius 1 is 1.06 bits per heavy atom. The molecule has 18 heavy (non-hydrogen) atoms. The minimum absolute atomic E-state index is 0.406. The Balaban J connectivity index is 2.51. The van der Waals surface area contributed by atoms with E-state index in [1.54, 1.807) is 48.5 Å². The molecule has 3 nitrogen and oxygen atoms in total. The zero-order valence-corrected chi connectivity index (χ0v) is 12.0. The molecule has 0 aliphatic heterocycles. The van der Waals surface area contributed by atoms with Gasteiger partial charge in [0.05, 0.1) is 0 Å². The fraction of sp³-hybridized carbons (Fsp3) is 0.143. The summed E-state index contributed by atoms with van der Waals surface area (Å²) in [5.74, 6) is 0.494. The third-order valence-corrected chi connectivity index (χ3v) is 6.84. The Hall–Kier alpha value is -1.44. The molecular formula is C14H15AsO3. The van der Waals surface area contributed by atoms with Crippen molar-refractivity contribution in [3.05, 3.63) is 54.6 Å². The van der Waals surface area contributed by atoms with Gasteiger partial charge in [-0.2, -0.15) is 0 Å². The standard InChI is InChI=1S/C14H15AsO3/c1-2-18-14-11-7-6-10-13(14)15(16,17)12-8-4-3-5-9-12/h3-11H,2H2,1H3,(H,16,17). The molecule has 0 aliphatic rings. The van der Waals surface area contributed by atoms with Crippen molar-refractivity contribution in [3.8, 4) is 5.75 Å². The molecule has 0 heterocycles. The van der Waals surface area contributed by atoms with Gasteiger partial charge < -0.3 is 0 Å². The number of rotatable bonds is 4. The van der Waals surface area contributed by atoms with Crippen molar-refractivity contribution in [2.45, 2.75) is 6.92 Å². The van der Waals surface area contributed by atoms with Crippen LogP contribution in [0.2, 0.25) is 0 Å². The molecular weight excluding hydrogens is 291 g/mol. The molecule has 0 saturated carbocycles. The average Bonchev–Trinajstić information content (AvgIpc) is 2.41. The molecule has 2 rings (SSSR count). The van der Waals surface area contributed by atoms with Crippen LogP contribution >= 0.6 is 0 Å². The molecule has 2 aromatic carbocycles. The van der Waals surface area contributed by atoms with Crippen molar-refractivity contribution in [2.24, 2.45) is 0 Å². The molecule has 94 valence electrons. The summed E-state index contributed by atoms with van der Waals surface area (Å²) in [6, 6.07) is 15.7. The molecule has 0 saturated heterocycles. The van der Waals surface area contributed by atoms with Gasteiger partial charge in [-0.3, -0.25) is 0 Å². The second-order valence-corrected chi connectivity index (χ2v) is 8.32.